The van der Waals surface area contributed by atoms with Gasteiger partial charge in [-0.2, -0.15) is 18.2 Å². The number of rotatable bonds is 14. The second-order valence-electron chi connectivity index (χ2n) is 9.40. The fourth-order valence-corrected chi connectivity index (χ4v) is 4.24. The third-order valence-electron chi connectivity index (χ3n) is 6.46. The molecule has 0 aliphatic carbocycles. The molecule has 0 fully saturated rings. The van der Waals surface area contributed by atoms with Crippen LogP contribution in [0.3, 0.4) is 0 Å². The number of alkyl halides is 3. The number of nitrogens with one attached hydrogen (secondary N) is 1. The summed E-state index contributed by atoms with van der Waals surface area (Å²) in [4.78, 5) is 28.2. The number of carbonyl (C=O) groups excluding carboxylic acids is 1. The molecule has 41 heavy (non-hydrogen) atoms. The monoisotopic (exact) mass is 575 g/mol. The van der Waals surface area contributed by atoms with E-state index in [1.54, 1.807) is 36.7 Å². The standard InChI is InChI=1S/C28H36F3N7O3/c1-7-10-14-41-26-25-33-16-18(4)38(25)36-24(35-26)21-15-22(32-17-23(21)40-6)19(5)37(9-3)27(39)34-20(11-8-2)12-13-28(29,30)31/h7-8,15-17,19-20H,1-2,9-14H2,3-6H3,(H,34,39)/t19-,20-/m1/s1. The zero-order valence-electron chi connectivity index (χ0n) is 23.7. The lowest BCUT2D eigenvalue weighted by atomic mass is 10.1. The molecule has 0 spiro atoms. The molecule has 3 aromatic rings. The van der Waals surface area contributed by atoms with E-state index in [1.807, 2.05) is 6.92 Å². The lowest BCUT2D eigenvalue weighted by Gasteiger charge is -2.30. The first-order valence-electron chi connectivity index (χ1n) is 13.3. The number of ether oxygens (including phenoxy) is 2. The molecule has 10 nitrogen and oxygen atoms in total. The number of hydrogen-bond donors (Lipinski definition) is 1. The van der Waals surface area contributed by atoms with Gasteiger partial charge in [0.05, 0.1) is 49.1 Å². The molecule has 0 saturated carbocycles. The van der Waals surface area contributed by atoms with E-state index in [-0.39, 0.29) is 19.4 Å². The second kappa shape index (κ2) is 14.0. The SMILES string of the molecule is C=CCCOc1nc(-c2cc([C@@H](C)N(CC)C(=O)N[C@H](CC=C)CCC(F)(F)F)ncc2OC)nn2c(C)cnc12. The van der Waals surface area contributed by atoms with Gasteiger partial charge in [0.25, 0.3) is 5.88 Å². The van der Waals surface area contributed by atoms with Crippen LogP contribution >= 0.6 is 0 Å². The van der Waals surface area contributed by atoms with E-state index in [1.165, 1.54) is 24.3 Å². The number of amides is 2. The van der Waals surface area contributed by atoms with Crippen molar-refractivity contribution in [1.82, 2.24) is 34.8 Å². The van der Waals surface area contributed by atoms with Gasteiger partial charge in [-0.1, -0.05) is 12.2 Å². The number of pyridine rings is 1. The zero-order chi connectivity index (χ0) is 30.2. The van der Waals surface area contributed by atoms with Gasteiger partial charge < -0.3 is 19.7 Å². The van der Waals surface area contributed by atoms with Gasteiger partial charge in [-0.15, -0.1) is 18.3 Å². The van der Waals surface area contributed by atoms with Crippen LogP contribution in [0, 0.1) is 6.92 Å². The molecule has 0 aliphatic rings. The minimum absolute atomic E-state index is 0.212. The molecule has 1 N–H and O–H groups in total. The Kier molecular flexibility index (Phi) is 10.7. The minimum atomic E-state index is -4.32. The highest BCUT2D eigenvalue weighted by molar-refractivity contribution is 5.75. The number of methoxy groups -OCH3 is 1. The number of hydrogen-bond acceptors (Lipinski definition) is 7. The highest BCUT2D eigenvalue weighted by atomic mass is 19.4. The number of fused-ring (bicyclic) bond motifs is 1. The molecular weight excluding hydrogens is 539 g/mol. The number of urea groups is 1. The Bertz CT molecular complexity index is 1360. The minimum Gasteiger partial charge on any atom is -0.494 e. The summed E-state index contributed by atoms with van der Waals surface area (Å²) in [5, 5.41) is 7.37. The first kappa shape index (κ1) is 31.4. The number of nitrogens with zero attached hydrogens (tertiary/aromatic N) is 6. The third kappa shape index (κ3) is 7.95. The Morgan fingerprint density at radius 1 is 1.24 bits per heavy atom. The summed E-state index contributed by atoms with van der Waals surface area (Å²) >= 11 is 0. The van der Waals surface area contributed by atoms with Crippen LogP contribution in [0.25, 0.3) is 17.0 Å². The van der Waals surface area contributed by atoms with Crippen LogP contribution in [-0.2, 0) is 0 Å². The quantitative estimate of drug-likeness (QED) is 0.190. The number of aryl methyl sites for hydroxylation is 1. The van der Waals surface area contributed by atoms with Crippen molar-refractivity contribution in [2.24, 2.45) is 0 Å². The average Bonchev–Trinajstić information content (AvgIpc) is 3.32. The van der Waals surface area contributed by atoms with E-state index in [0.717, 1.165) is 5.69 Å². The summed E-state index contributed by atoms with van der Waals surface area (Å²) in [6.07, 6.45) is 1.67. The van der Waals surface area contributed by atoms with Crippen molar-refractivity contribution in [1.29, 1.82) is 0 Å². The molecule has 0 radical (unpaired) electrons. The van der Waals surface area contributed by atoms with Crippen LogP contribution in [0.4, 0.5) is 18.0 Å². The summed E-state index contributed by atoms with van der Waals surface area (Å²) in [5.41, 5.74) is 2.25. The van der Waals surface area contributed by atoms with Crippen molar-refractivity contribution in [3.05, 3.63) is 55.2 Å². The Balaban J connectivity index is 1.94. The maximum absolute atomic E-state index is 13.2. The molecule has 3 rings (SSSR count). The second-order valence-corrected chi connectivity index (χ2v) is 9.40. The highest BCUT2D eigenvalue weighted by Crippen LogP contribution is 2.32. The van der Waals surface area contributed by atoms with E-state index in [0.29, 0.717) is 47.4 Å². The van der Waals surface area contributed by atoms with Gasteiger partial charge in [0, 0.05) is 19.0 Å². The van der Waals surface area contributed by atoms with Crippen molar-refractivity contribution in [3.63, 3.8) is 0 Å². The van der Waals surface area contributed by atoms with E-state index in [2.05, 4.69) is 38.5 Å². The molecule has 3 aromatic heterocycles. The van der Waals surface area contributed by atoms with Crippen LogP contribution in [0.5, 0.6) is 11.6 Å². The molecule has 3 heterocycles. The number of imidazole rings is 1. The van der Waals surface area contributed by atoms with Gasteiger partial charge in [0.1, 0.15) is 5.75 Å². The van der Waals surface area contributed by atoms with E-state index in [9.17, 15) is 18.0 Å². The molecule has 222 valence electrons. The third-order valence-corrected chi connectivity index (χ3v) is 6.46. The summed E-state index contributed by atoms with van der Waals surface area (Å²) < 4.78 is 51.5. The van der Waals surface area contributed by atoms with Gasteiger partial charge in [-0.3, -0.25) is 4.98 Å². The molecule has 0 unspecified atom stereocenters. The molecule has 0 saturated heterocycles. The summed E-state index contributed by atoms with van der Waals surface area (Å²) in [6, 6.07) is -0.0255. The summed E-state index contributed by atoms with van der Waals surface area (Å²) in [6.45, 7) is 13.4. The lowest BCUT2D eigenvalue weighted by Crippen LogP contribution is -2.46. The summed E-state index contributed by atoms with van der Waals surface area (Å²) in [5.74, 6) is 0.992. The number of halogens is 3. The molecule has 2 atom stereocenters. The molecule has 2 amide bonds. The topological polar surface area (TPSA) is 107 Å². The largest absolute Gasteiger partial charge is 0.494 e. The molecule has 0 aromatic carbocycles. The van der Waals surface area contributed by atoms with Gasteiger partial charge >= 0.3 is 12.2 Å². The summed E-state index contributed by atoms with van der Waals surface area (Å²) in [7, 11) is 1.50. The van der Waals surface area contributed by atoms with E-state index >= 15 is 0 Å². The van der Waals surface area contributed by atoms with Gasteiger partial charge in [0.15, 0.2) is 5.82 Å². The van der Waals surface area contributed by atoms with Crippen LogP contribution in [0.1, 0.15) is 57.0 Å². The fourth-order valence-electron chi connectivity index (χ4n) is 4.24. The lowest BCUT2D eigenvalue weighted by molar-refractivity contribution is -0.136. The molecule has 0 aliphatic heterocycles. The number of carbonyl (C=O) groups is 1. The van der Waals surface area contributed by atoms with Gasteiger partial charge in [-0.25, -0.2) is 14.3 Å². The Morgan fingerprint density at radius 2 is 2.00 bits per heavy atom. The Labute approximate surface area is 237 Å². The molecule has 0 bridgehead atoms. The van der Waals surface area contributed by atoms with Crippen LogP contribution in [-0.4, -0.2) is 68.0 Å². The van der Waals surface area contributed by atoms with E-state index < -0.39 is 30.7 Å². The van der Waals surface area contributed by atoms with Crippen molar-refractivity contribution < 1.29 is 27.4 Å². The maximum Gasteiger partial charge on any atom is 0.389 e. The van der Waals surface area contributed by atoms with Crippen molar-refractivity contribution in [2.75, 3.05) is 20.3 Å². The smallest absolute Gasteiger partial charge is 0.389 e. The zero-order valence-corrected chi connectivity index (χ0v) is 23.7. The van der Waals surface area contributed by atoms with Crippen LogP contribution in [0.15, 0.2) is 43.8 Å². The average molecular weight is 576 g/mol. The Hall–Kier alpha value is -4.16. The fraction of sp³-hybridized carbons (Fsp3) is 0.464. The van der Waals surface area contributed by atoms with E-state index in [4.69, 9.17) is 9.47 Å². The highest BCUT2D eigenvalue weighted by Gasteiger charge is 2.30. The van der Waals surface area contributed by atoms with Crippen LogP contribution < -0.4 is 14.8 Å². The maximum atomic E-state index is 13.2. The first-order chi connectivity index (χ1) is 19.5. The van der Waals surface area contributed by atoms with Gasteiger partial charge in [-0.05, 0) is 46.1 Å². The number of aromatic nitrogens is 5. The predicted octanol–water partition coefficient (Wildman–Crippen LogP) is 5.84. The van der Waals surface area contributed by atoms with Crippen molar-refractivity contribution in [2.45, 2.75) is 64.7 Å². The first-order valence-corrected chi connectivity index (χ1v) is 13.3. The Morgan fingerprint density at radius 3 is 2.63 bits per heavy atom. The van der Waals surface area contributed by atoms with Crippen LogP contribution in [0.2, 0.25) is 0 Å². The molecule has 13 heteroatoms. The normalized spacial score (nSPS) is 13.0. The predicted molar refractivity (Wildman–Crippen MR) is 149 cm³/mol. The van der Waals surface area contributed by atoms with Crippen molar-refractivity contribution in [3.8, 4) is 23.0 Å². The van der Waals surface area contributed by atoms with Crippen molar-refractivity contribution >= 4 is 11.7 Å². The van der Waals surface area contributed by atoms with Gasteiger partial charge in [0.2, 0.25) is 5.65 Å². The molecular formula is C28H36F3N7O3.